The van der Waals surface area contributed by atoms with Crippen LogP contribution in [0.3, 0.4) is 0 Å². The lowest BCUT2D eigenvalue weighted by atomic mass is 10.0. The summed E-state index contributed by atoms with van der Waals surface area (Å²) in [6.07, 6.45) is 6.36. The third-order valence-electron chi connectivity index (χ3n) is 3.91. The third kappa shape index (κ3) is 3.84. The van der Waals surface area contributed by atoms with E-state index in [0.29, 0.717) is 0 Å². The maximum Gasteiger partial charge on any atom is 0.0699 e. The first kappa shape index (κ1) is 15.6. The van der Waals surface area contributed by atoms with E-state index in [1.54, 1.807) is 0 Å². The molecule has 1 aromatic carbocycles. The molecule has 0 aliphatic heterocycles. The lowest BCUT2D eigenvalue weighted by molar-refractivity contribution is 0.667. The monoisotopic (exact) mass is 282 g/mol. The minimum Gasteiger partial charge on any atom is -0.267 e. The second-order valence-electron chi connectivity index (χ2n) is 5.56. The van der Waals surface area contributed by atoms with Gasteiger partial charge in [-0.3, -0.25) is 4.68 Å². The van der Waals surface area contributed by atoms with Crippen molar-refractivity contribution in [1.29, 1.82) is 0 Å². The molecule has 0 amide bonds. The molecule has 112 valence electrons. The van der Waals surface area contributed by atoms with Crippen molar-refractivity contribution in [2.24, 2.45) is 0 Å². The van der Waals surface area contributed by atoms with Crippen LogP contribution < -0.4 is 0 Å². The van der Waals surface area contributed by atoms with Gasteiger partial charge in [0.05, 0.1) is 12.2 Å². The van der Waals surface area contributed by atoms with Crippen LogP contribution in [-0.2, 0) is 19.4 Å². The summed E-state index contributed by atoms with van der Waals surface area (Å²) in [6, 6.07) is 8.82. The van der Waals surface area contributed by atoms with Crippen LogP contribution >= 0.6 is 0 Å². The Hall–Kier alpha value is -1.83. The minimum absolute atomic E-state index is 0.831. The lowest BCUT2D eigenvalue weighted by Crippen LogP contribution is -2.01. The van der Waals surface area contributed by atoms with Gasteiger partial charge in [0.15, 0.2) is 0 Å². The number of aryl methyl sites for hydroxylation is 2. The summed E-state index contributed by atoms with van der Waals surface area (Å²) in [5.74, 6) is 0. The summed E-state index contributed by atoms with van der Waals surface area (Å²) in [5, 5.41) is 4.76. The van der Waals surface area contributed by atoms with Gasteiger partial charge in [0.1, 0.15) is 0 Å². The SMILES string of the molecule is C=C(CC)c1cn(Cc2ccc(CC)cc2)nc1CCC. The topological polar surface area (TPSA) is 17.8 Å². The van der Waals surface area contributed by atoms with Crippen molar-refractivity contribution in [3.63, 3.8) is 0 Å². The van der Waals surface area contributed by atoms with Crippen molar-refractivity contribution in [3.8, 4) is 0 Å². The van der Waals surface area contributed by atoms with E-state index < -0.39 is 0 Å². The number of hydrogen-bond donors (Lipinski definition) is 0. The summed E-state index contributed by atoms with van der Waals surface area (Å²) in [6.45, 7) is 11.5. The number of aromatic nitrogens is 2. The first-order chi connectivity index (χ1) is 10.2. The van der Waals surface area contributed by atoms with Crippen LogP contribution in [0.1, 0.15) is 56.0 Å². The maximum atomic E-state index is 4.76. The molecular formula is C19H26N2. The summed E-state index contributed by atoms with van der Waals surface area (Å²) in [7, 11) is 0. The molecule has 2 nitrogen and oxygen atoms in total. The zero-order valence-corrected chi connectivity index (χ0v) is 13.5. The molecule has 2 rings (SSSR count). The van der Waals surface area contributed by atoms with Crippen LogP contribution in [0.5, 0.6) is 0 Å². The fourth-order valence-corrected chi connectivity index (χ4v) is 2.52. The molecule has 0 atom stereocenters. The standard InChI is InChI=1S/C19H26N2/c1-5-8-19-18(15(4)6-2)14-21(20-19)13-17-11-9-16(7-3)10-12-17/h9-12,14H,4-8,13H2,1-3H3. The largest absolute Gasteiger partial charge is 0.267 e. The molecule has 0 spiro atoms. The molecule has 0 saturated heterocycles. The van der Waals surface area contributed by atoms with E-state index in [4.69, 9.17) is 5.10 Å². The van der Waals surface area contributed by atoms with Gasteiger partial charge in [0.2, 0.25) is 0 Å². The molecule has 0 fully saturated rings. The average molecular weight is 282 g/mol. The van der Waals surface area contributed by atoms with Crippen molar-refractivity contribution in [1.82, 2.24) is 9.78 Å². The highest BCUT2D eigenvalue weighted by Gasteiger charge is 2.10. The second-order valence-corrected chi connectivity index (χ2v) is 5.56. The van der Waals surface area contributed by atoms with Gasteiger partial charge in [-0.05, 0) is 36.0 Å². The van der Waals surface area contributed by atoms with E-state index in [2.05, 4.69) is 62.5 Å². The Balaban J connectivity index is 2.20. The molecule has 1 aromatic heterocycles. The van der Waals surface area contributed by atoms with Crippen LogP contribution in [0.4, 0.5) is 0 Å². The normalized spacial score (nSPS) is 10.8. The van der Waals surface area contributed by atoms with Crippen molar-refractivity contribution < 1.29 is 0 Å². The Morgan fingerprint density at radius 2 is 1.76 bits per heavy atom. The Labute approximate surface area is 128 Å². The van der Waals surface area contributed by atoms with Gasteiger partial charge in [-0.15, -0.1) is 0 Å². The zero-order chi connectivity index (χ0) is 15.2. The van der Waals surface area contributed by atoms with Gasteiger partial charge in [-0.1, -0.05) is 58.0 Å². The molecular weight excluding hydrogens is 256 g/mol. The van der Waals surface area contributed by atoms with Crippen molar-refractivity contribution in [2.75, 3.05) is 0 Å². The molecule has 0 radical (unpaired) electrons. The highest BCUT2D eigenvalue weighted by atomic mass is 15.3. The predicted molar refractivity (Wildman–Crippen MR) is 90.5 cm³/mol. The smallest absolute Gasteiger partial charge is 0.0699 e. The van der Waals surface area contributed by atoms with Gasteiger partial charge >= 0.3 is 0 Å². The van der Waals surface area contributed by atoms with Crippen molar-refractivity contribution >= 4 is 5.57 Å². The highest BCUT2D eigenvalue weighted by Crippen LogP contribution is 2.21. The summed E-state index contributed by atoms with van der Waals surface area (Å²) in [4.78, 5) is 0. The first-order valence-electron chi connectivity index (χ1n) is 8.00. The Morgan fingerprint density at radius 3 is 2.33 bits per heavy atom. The number of rotatable bonds is 7. The van der Waals surface area contributed by atoms with Crippen LogP contribution in [0.25, 0.3) is 5.57 Å². The molecule has 2 aromatic rings. The molecule has 0 N–H and O–H groups in total. The fourth-order valence-electron chi connectivity index (χ4n) is 2.52. The summed E-state index contributed by atoms with van der Waals surface area (Å²) in [5.41, 5.74) is 6.29. The Bertz CT molecular complexity index is 591. The van der Waals surface area contributed by atoms with Crippen molar-refractivity contribution in [2.45, 2.75) is 53.0 Å². The lowest BCUT2D eigenvalue weighted by Gasteiger charge is -2.03. The highest BCUT2D eigenvalue weighted by molar-refractivity contribution is 5.64. The quantitative estimate of drug-likeness (QED) is 0.708. The number of allylic oxidation sites excluding steroid dienone is 1. The zero-order valence-electron chi connectivity index (χ0n) is 13.5. The number of benzene rings is 1. The van der Waals surface area contributed by atoms with E-state index in [1.165, 1.54) is 28.0 Å². The summed E-state index contributed by atoms with van der Waals surface area (Å²) >= 11 is 0. The molecule has 0 aliphatic carbocycles. The molecule has 2 heteroatoms. The number of nitrogens with zero attached hydrogens (tertiary/aromatic N) is 2. The summed E-state index contributed by atoms with van der Waals surface area (Å²) < 4.78 is 2.06. The molecule has 21 heavy (non-hydrogen) atoms. The Kier molecular flexibility index (Phi) is 5.38. The van der Waals surface area contributed by atoms with E-state index >= 15 is 0 Å². The van der Waals surface area contributed by atoms with Crippen LogP contribution in [-0.4, -0.2) is 9.78 Å². The molecule has 0 saturated carbocycles. The van der Waals surface area contributed by atoms with Crippen LogP contribution in [0.2, 0.25) is 0 Å². The van der Waals surface area contributed by atoms with Crippen LogP contribution in [0, 0.1) is 0 Å². The van der Waals surface area contributed by atoms with Gasteiger partial charge in [-0.2, -0.15) is 5.10 Å². The first-order valence-corrected chi connectivity index (χ1v) is 8.00. The fraction of sp³-hybridized carbons (Fsp3) is 0.421. The number of hydrogen-bond acceptors (Lipinski definition) is 1. The van der Waals surface area contributed by atoms with E-state index in [0.717, 1.165) is 32.2 Å². The van der Waals surface area contributed by atoms with Gasteiger partial charge in [-0.25, -0.2) is 0 Å². The van der Waals surface area contributed by atoms with Gasteiger partial charge < -0.3 is 0 Å². The minimum atomic E-state index is 0.831. The average Bonchev–Trinajstić information content (AvgIpc) is 2.90. The second kappa shape index (κ2) is 7.26. The van der Waals surface area contributed by atoms with Gasteiger partial charge in [0.25, 0.3) is 0 Å². The van der Waals surface area contributed by atoms with Crippen LogP contribution in [0.15, 0.2) is 37.0 Å². The van der Waals surface area contributed by atoms with E-state index in [-0.39, 0.29) is 0 Å². The Morgan fingerprint density at radius 1 is 1.10 bits per heavy atom. The maximum absolute atomic E-state index is 4.76. The van der Waals surface area contributed by atoms with Gasteiger partial charge in [0, 0.05) is 11.8 Å². The van der Waals surface area contributed by atoms with E-state index in [1.807, 2.05) is 0 Å². The van der Waals surface area contributed by atoms with E-state index in [9.17, 15) is 0 Å². The predicted octanol–water partition coefficient (Wildman–Crippen LogP) is 4.87. The third-order valence-corrected chi connectivity index (χ3v) is 3.91. The molecule has 0 unspecified atom stereocenters. The molecule has 0 aliphatic rings. The van der Waals surface area contributed by atoms with Crippen molar-refractivity contribution in [3.05, 3.63) is 59.4 Å². The molecule has 1 heterocycles. The molecule has 0 bridgehead atoms.